The second-order valence-corrected chi connectivity index (χ2v) is 4.70. The lowest BCUT2D eigenvalue weighted by Gasteiger charge is -2.28. The highest BCUT2D eigenvalue weighted by molar-refractivity contribution is 5.93. The molecule has 1 amide bonds. The molecule has 4 nitrogen and oxygen atoms in total. The molecule has 1 aliphatic heterocycles. The van der Waals surface area contributed by atoms with Gasteiger partial charge in [0.05, 0.1) is 0 Å². The van der Waals surface area contributed by atoms with E-state index < -0.39 is 0 Å². The molecule has 0 aliphatic carbocycles. The van der Waals surface area contributed by atoms with Gasteiger partial charge in [-0.25, -0.2) is 0 Å². The van der Waals surface area contributed by atoms with Crippen LogP contribution in [0.15, 0.2) is 18.3 Å². The van der Waals surface area contributed by atoms with Crippen molar-refractivity contribution in [2.75, 3.05) is 24.5 Å². The summed E-state index contributed by atoms with van der Waals surface area (Å²) in [7, 11) is 0. The first kappa shape index (κ1) is 12.9. The number of hydrogen-bond acceptors (Lipinski definition) is 3. The molecule has 4 heteroatoms. The highest BCUT2D eigenvalue weighted by atomic mass is 16.1. The van der Waals surface area contributed by atoms with Crippen LogP contribution in [-0.4, -0.2) is 30.5 Å². The summed E-state index contributed by atoms with van der Waals surface area (Å²) in [6, 6.07) is 3.89. The molecule has 1 aromatic rings. The summed E-state index contributed by atoms with van der Waals surface area (Å²) in [5.41, 5.74) is 1.64. The van der Waals surface area contributed by atoms with Gasteiger partial charge in [0.15, 0.2) is 0 Å². The molecular weight excluding hydrogens is 226 g/mol. The standard InChI is InChI=1S/C14H21N3O/c1-2-7-16-14(18)13-11-12(6-8-15-13)17-9-4-3-5-10-17/h6,8,11H,2-5,7,9-10H2,1H3,(H,16,18). The van der Waals surface area contributed by atoms with Gasteiger partial charge in [0.1, 0.15) is 5.69 Å². The van der Waals surface area contributed by atoms with Crippen molar-refractivity contribution in [3.8, 4) is 0 Å². The topological polar surface area (TPSA) is 45.2 Å². The zero-order valence-corrected chi connectivity index (χ0v) is 11.0. The molecule has 1 N–H and O–H groups in total. The maximum atomic E-state index is 11.8. The normalized spacial score (nSPS) is 15.5. The van der Waals surface area contributed by atoms with Crippen LogP contribution < -0.4 is 10.2 Å². The number of nitrogens with zero attached hydrogens (tertiary/aromatic N) is 2. The van der Waals surface area contributed by atoms with Crippen LogP contribution in [0.5, 0.6) is 0 Å². The first-order valence-corrected chi connectivity index (χ1v) is 6.80. The number of carbonyl (C=O) groups is 1. The Hall–Kier alpha value is -1.58. The van der Waals surface area contributed by atoms with Gasteiger partial charge in [-0.2, -0.15) is 0 Å². The van der Waals surface area contributed by atoms with Crippen LogP contribution in [0.25, 0.3) is 0 Å². The van der Waals surface area contributed by atoms with Gasteiger partial charge in [0.25, 0.3) is 5.91 Å². The van der Waals surface area contributed by atoms with E-state index in [1.54, 1.807) is 6.20 Å². The minimum atomic E-state index is -0.0734. The quantitative estimate of drug-likeness (QED) is 0.887. The van der Waals surface area contributed by atoms with Crippen LogP contribution in [0.2, 0.25) is 0 Å². The molecular formula is C14H21N3O. The fourth-order valence-electron chi connectivity index (χ4n) is 2.22. The minimum absolute atomic E-state index is 0.0734. The summed E-state index contributed by atoms with van der Waals surface area (Å²) >= 11 is 0. The Labute approximate surface area is 108 Å². The lowest BCUT2D eigenvalue weighted by atomic mass is 10.1. The summed E-state index contributed by atoms with van der Waals surface area (Å²) in [5.74, 6) is -0.0734. The molecule has 0 spiro atoms. The third kappa shape index (κ3) is 3.22. The second kappa shape index (κ2) is 6.38. The predicted octanol–water partition coefficient (Wildman–Crippen LogP) is 2.21. The Bertz CT molecular complexity index is 400. The fraction of sp³-hybridized carbons (Fsp3) is 0.571. The van der Waals surface area contributed by atoms with Crippen molar-refractivity contribution in [2.24, 2.45) is 0 Å². The molecule has 0 radical (unpaired) electrons. The molecule has 18 heavy (non-hydrogen) atoms. The highest BCUT2D eigenvalue weighted by Gasteiger charge is 2.13. The van der Waals surface area contributed by atoms with Gasteiger partial charge < -0.3 is 10.2 Å². The Morgan fingerprint density at radius 1 is 1.39 bits per heavy atom. The van der Waals surface area contributed by atoms with Crippen LogP contribution in [0.1, 0.15) is 43.1 Å². The largest absolute Gasteiger partial charge is 0.371 e. The maximum absolute atomic E-state index is 11.8. The van der Waals surface area contributed by atoms with E-state index in [1.165, 1.54) is 19.3 Å². The number of hydrogen-bond donors (Lipinski definition) is 1. The number of rotatable bonds is 4. The summed E-state index contributed by atoms with van der Waals surface area (Å²) in [6.07, 6.45) is 6.45. The van der Waals surface area contributed by atoms with Crippen LogP contribution in [0.3, 0.4) is 0 Å². The Morgan fingerprint density at radius 3 is 2.89 bits per heavy atom. The third-order valence-corrected chi connectivity index (χ3v) is 3.23. The van der Waals surface area contributed by atoms with E-state index >= 15 is 0 Å². The van der Waals surface area contributed by atoms with Gasteiger partial charge in [0, 0.05) is 31.5 Å². The molecule has 2 rings (SSSR count). The van der Waals surface area contributed by atoms with Gasteiger partial charge >= 0.3 is 0 Å². The van der Waals surface area contributed by atoms with E-state index in [0.29, 0.717) is 12.2 Å². The van der Waals surface area contributed by atoms with Crippen molar-refractivity contribution >= 4 is 11.6 Å². The lowest BCUT2D eigenvalue weighted by Crippen LogP contribution is -2.30. The van der Waals surface area contributed by atoms with Crippen molar-refractivity contribution in [1.29, 1.82) is 0 Å². The Morgan fingerprint density at radius 2 is 2.17 bits per heavy atom. The van der Waals surface area contributed by atoms with Crippen LogP contribution >= 0.6 is 0 Å². The number of nitrogens with one attached hydrogen (secondary N) is 1. The minimum Gasteiger partial charge on any atom is -0.371 e. The smallest absolute Gasteiger partial charge is 0.269 e. The SMILES string of the molecule is CCCNC(=O)c1cc(N2CCCCC2)ccn1. The summed E-state index contributed by atoms with van der Waals surface area (Å²) in [6.45, 7) is 4.91. The van der Waals surface area contributed by atoms with Crippen molar-refractivity contribution in [3.63, 3.8) is 0 Å². The van der Waals surface area contributed by atoms with E-state index in [2.05, 4.69) is 15.2 Å². The lowest BCUT2D eigenvalue weighted by molar-refractivity contribution is 0.0948. The van der Waals surface area contributed by atoms with E-state index in [4.69, 9.17) is 0 Å². The van der Waals surface area contributed by atoms with Gasteiger partial charge in [-0.15, -0.1) is 0 Å². The molecule has 1 saturated heterocycles. The molecule has 1 aromatic heterocycles. The van der Waals surface area contributed by atoms with Crippen molar-refractivity contribution in [3.05, 3.63) is 24.0 Å². The van der Waals surface area contributed by atoms with Crippen molar-refractivity contribution < 1.29 is 4.79 Å². The Kier molecular flexibility index (Phi) is 4.56. The molecule has 98 valence electrons. The predicted molar refractivity (Wildman–Crippen MR) is 72.9 cm³/mol. The molecule has 1 aliphatic rings. The molecule has 0 unspecified atom stereocenters. The number of pyridine rings is 1. The third-order valence-electron chi connectivity index (χ3n) is 3.23. The van der Waals surface area contributed by atoms with Gasteiger partial charge in [-0.1, -0.05) is 6.92 Å². The van der Waals surface area contributed by atoms with Crippen molar-refractivity contribution in [1.82, 2.24) is 10.3 Å². The highest BCUT2D eigenvalue weighted by Crippen LogP contribution is 2.19. The molecule has 0 saturated carbocycles. The van der Waals surface area contributed by atoms with Gasteiger partial charge in [-0.05, 0) is 37.8 Å². The molecule has 1 fully saturated rings. The zero-order chi connectivity index (χ0) is 12.8. The number of aromatic nitrogens is 1. The maximum Gasteiger partial charge on any atom is 0.269 e. The first-order valence-electron chi connectivity index (χ1n) is 6.80. The first-order chi connectivity index (χ1) is 8.81. The number of amides is 1. The van der Waals surface area contributed by atoms with Gasteiger partial charge in [-0.3, -0.25) is 9.78 Å². The second-order valence-electron chi connectivity index (χ2n) is 4.70. The number of anilines is 1. The Balaban J connectivity index is 2.06. The molecule has 0 aromatic carbocycles. The summed E-state index contributed by atoms with van der Waals surface area (Å²) in [4.78, 5) is 18.3. The monoisotopic (exact) mass is 247 g/mol. The van der Waals surface area contributed by atoms with Crippen LogP contribution in [0, 0.1) is 0 Å². The van der Waals surface area contributed by atoms with Crippen LogP contribution in [0.4, 0.5) is 5.69 Å². The van der Waals surface area contributed by atoms with Crippen LogP contribution in [-0.2, 0) is 0 Å². The molecule has 0 atom stereocenters. The average Bonchev–Trinajstić information content (AvgIpc) is 2.46. The number of carbonyl (C=O) groups excluding carboxylic acids is 1. The molecule has 2 heterocycles. The van der Waals surface area contributed by atoms with Crippen molar-refractivity contribution in [2.45, 2.75) is 32.6 Å². The van der Waals surface area contributed by atoms with E-state index in [0.717, 1.165) is 25.2 Å². The number of piperidine rings is 1. The molecule has 0 bridgehead atoms. The summed E-state index contributed by atoms with van der Waals surface area (Å²) in [5, 5.41) is 2.86. The zero-order valence-electron chi connectivity index (χ0n) is 11.0. The van der Waals surface area contributed by atoms with E-state index in [9.17, 15) is 4.79 Å². The van der Waals surface area contributed by atoms with E-state index in [1.807, 2.05) is 19.1 Å². The van der Waals surface area contributed by atoms with Gasteiger partial charge in [0.2, 0.25) is 0 Å². The fourth-order valence-corrected chi connectivity index (χ4v) is 2.22. The summed E-state index contributed by atoms with van der Waals surface area (Å²) < 4.78 is 0. The average molecular weight is 247 g/mol. The van der Waals surface area contributed by atoms with E-state index in [-0.39, 0.29) is 5.91 Å².